The minimum absolute atomic E-state index is 0.436. The molecule has 0 aliphatic carbocycles. The first-order chi connectivity index (χ1) is 8.13. The molecule has 0 unspecified atom stereocenters. The molecular weight excluding hydrogens is 295 g/mol. The van der Waals surface area contributed by atoms with Gasteiger partial charge < -0.3 is 5.11 Å². The van der Waals surface area contributed by atoms with E-state index in [4.69, 9.17) is 5.11 Å². The van der Waals surface area contributed by atoms with Crippen LogP contribution in [0, 0.1) is 0 Å². The highest BCUT2D eigenvalue weighted by molar-refractivity contribution is 7.89. The van der Waals surface area contributed by atoms with Gasteiger partial charge in [0.05, 0.1) is 6.42 Å². The Kier molecular flexibility index (Phi) is 4.35. The summed E-state index contributed by atoms with van der Waals surface area (Å²) in [5.41, 5.74) is 0. The van der Waals surface area contributed by atoms with Crippen LogP contribution in [0.2, 0.25) is 0 Å². The summed E-state index contributed by atoms with van der Waals surface area (Å²) < 4.78 is 60.4. The highest BCUT2D eigenvalue weighted by Crippen LogP contribution is 2.22. The summed E-state index contributed by atoms with van der Waals surface area (Å²) in [6.07, 6.45) is -5.80. The number of rotatable bonds is 5. The van der Waals surface area contributed by atoms with Crippen LogP contribution >= 0.6 is 11.3 Å². The molecule has 0 fully saturated rings. The molecule has 2 N–H and O–H groups in total. The van der Waals surface area contributed by atoms with E-state index in [-0.39, 0.29) is 0 Å². The fourth-order valence-corrected chi connectivity index (χ4v) is 3.36. The van der Waals surface area contributed by atoms with Crippen LogP contribution in [-0.4, -0.2) is 32.2 Å². The number of carboxylic acid groups (broad SMARTS) is 1. The average Bonchev–Trinajstić information content (AvgIpc) is 2.63. The molecule has 1 rings (SSSR count). The van der Waals surface area contributed by atoms with Crippen molar-refractivity contribution in [2.24, 2.45) is 0 Å². The Morgan fingerprint density at radius 1 is 1.44 bits per heavy atom. The van der Waals surface area contributed by atoms with Gasteiger partial charge in [0.1, 0.15) is 9.77 Å². The molecule has 1 aromatic rings. The van der Waals surface area contributed by atoms with E-state index in [9.17, 15) is 26.4 Å². The maximum Gasteiger partial charge on any atom is 0.390 e. The van der Waals surface area contributed by atoms with E-state index in [1.165, 1.54) is 5.38 Å². The standard InChI is InChI=1S/C8H8F3NO4S2/c9-8(10,11)2-3-12-18(15,16)5-1-4-17-6(5)7(13)14/h1,4,12H,2-3H2,(H,13,14). The summed E-state index contributed by atoms with van der Waals surface area (Å²) in [4.78, 5) is 9.74. The molecule has 0 saturated carbocycles. The van der Waals surface area contributed by atoms with Gasteiger partial charge in [0.15, 0.2) is 0 Å². The van der Waals surface area contributed by atoms with Crippen LogP contribution in [0.15, 0.2) is 16.3 Å². The summed E-state index contributed by atoms with van der Waals surface area (Å²) >= 11 is 0.683. The highest BCUT2D eigenvalue weighted by Gasteiger charge is 2.29. The average molecular weight is 303 g/mol. The number of nitrogens with one attached hydrogen (secondary N) is 1. The normalized spacial score (nSPS) is 12.6. The SMILES string of the molecule is O=C(O)c1sccc1S(=O)(=O)NCCC(F)(F)F. The third-order valence-corrected chi connectivity index (χ3v) is 4.35. The van der Waals surface area contributed by atoms with Crippen molar-refractivity contribution < 1.29 is 31.5 Å². The summed E-state index contributed by atoms with van der Waals surface area (Å²) in [5, 5.41) is 9.95. The maximum absolute atomic E-state index is 11.9. The summed E-state index contributed by atoms with van der Waals surface area (Å²) in [7, 11) is -4.24. The summed E-state index contributed by atoms with van der Waals surface area (Å²) in [5.74, 6) is -1.44. The Morgan fingerprint density at radius 3 is 2.56 bits per heavy atom. The largest absolute Gasteiger partial charge is 0.477 e. The number of halogens is 3. The number of aromatic carboxylic acids is 1. The van der Waals surface area contributed by atoms with Crippen LogP contribution in [0.25, 0.3) is 0 Å². The summed E-state index contributed by atoms with van der Waals surface area (Å²) in [6, 6.07) is 1.03. The lowest BCUT2D eigenvalue weighted by Crippen LogP contribution is -2.28. The molecule has 18 heavy (non-hydrogen) atoms. The van der Waals surface area contributed by atoms with Crippen molar-refractivity contribution in [3.63, 3.8) is 0 Å². The molecule has 1 heterocycles. The number of carboxylic acids is 1. The second kappa shape index (κ2) is 5.24. The highest BCUT2D eigenvalue weighted by atomic mass is 32.2. The maximum atomic E-state index is 11.9. The predicted molar refractivity (Wildman–Crippen MR) is 57.1 cm³/mol. The lowest BCUT2D eigenvalue weighted by molar-refractivity contribution is -0.132. The third-order valence-electron chi connectivity index (χ3n) is 1.81. The van der Waals surface area contributed by atoms with Crippen molar-refractivity contribution in [2.45, 2.75) is 17.5 Å². The van der Waals surface area contributed by atoms with Crippen LogP contribution in [-0.2, 0) is 10.0 Å². The molecule has 1 aromatic heterocycles. The zero-order valence-corrected chi connectivity index (χ0v) is 10.3. The topological polar surface area (TPSA) is 83.5 Å². The van der Waals surface area contributed by atoms with Crippen molar-refractivity contribution in [2.75, 3.05) is 6.54 Å². The van der Waals surface area contributed by atoms with Crippen molar-refractivity contribution in [1.29, 1.82) is 0 Å². The number of alkyl halides is 3. The Labute approximate surface area is 104 Å². The predicted octanol–water partition coefficient (Wildman–Crippen LogP) is 1.68. The van der Waals surface area contributed by atoms with E-state index >= 15 is 0 Å². The van der Waals surface area contributed by atoms with E-state index in [0.29, 0.717) is 11.3 Å². The lowest BCUT2D eigenvalue weighted by Gasteiger charge is -2.08. The molecule has 0 radical (unpaired) electrons. The first-order valence-corrected chi connectivity index (χ1v) is 6.87. The number of carbonyl (C=O) groups is 1. The molecule has 0 spiro atoms. The minimum Gasteiger partial charge on any atom is -0.477 e. The van der Waals surface area contributed by atoms with Crippen LogP contribution in [0.1, 0.15) is 16.1 Å². The number of hydrogen-bond acceptors (Lipinski definition) is 4. The molecule has 0 atom stereocenters. The number of hydrogen-bond donors (Lipinski definition) is 2. The van der Waals surface area contributed by atoms with Crippen molar-refractivity contribution in [1.82, 2.24) is 4.72 Å². The van der Waals surface area contributed by atoms with Gasteiger partial charge in [-0.25, -0.2) is 17.9 Å². The molecule has 0 aliphatic rings. The van der Waals surface area contributed by atoms with E-state index in [1.807, 2.05) is 0 Å². The Hall–Kier alpha value is -1.13. The van der Waals surface area contributed by atoms with Crippen LogP contribution in [0.5, 0.6) is 0 Å². The molecule has 0 saturated heterocycles. The third kappa shape index (κ3) is 3.96. The van der Waals surface area contributed by atoms with E-state index < -0.39 is 44.9 Å². The summed E-state index contributed by atoms with van der Waals surface area (Å²) in [6.45, 7) is -0.833. The molecule has 0 aliphatic heterocycles. The molecule has 10 heteroatoms. The van der Waals surface area contributed by atoms with Crippen LogP contribution in [0.4, 0.5) is 13.2 Å². The number of sulfonamides is 1. The molecule has 102 valence electrons. The number of thiophene rings is 1. The van der Waals surface area contributed by atoms with Gasteiger partial charge in [-0.15, -0.1) is 11.3 Å². The Bertz CT molecular complexity index is 535. The van der Waals surface area contributed by atoms with Gasteiger partial charge in [-0.05, 0) is 11.4 Å². The fourth-order valence-electron chi connectivity index (χ4n) is 1.07. The second-order valence-corrected chi connectivity index (χ2v) is 5.83. The van der Waals surface area contributed by atoms with Gasteiger partial charge >= 0.3 is 12.1 Å². The zero-order chi connectivity index (χ0) is 14.0. The van der Waals surface area contributed by atoms with E-state index in [1.54, 1.807) is 4.72 Å². The van der Waals surface area contributed by atoms with Gasteiger partial charge in [-0.1, -0.05) is 0 Å². The zero-order valence-electron chi connectivity index (χ0n) is 8.69. The van der Waals surface area contributed by atoms with Gasteiger partial charge in [-0.3, -0.25) is 0 Å². The first-order valence-electron chi connectivity index (χ1n) is 4.51. The van der Waals surface area contributed by atoms with Gasteiger partial charge in [0, 0.05) is 6.54 Å². The quantitative estimate of drug-likeness (QED) is 0.867. The van der Waals surface area contributed by atoms with Gasteiger partial charge in [0.2, 0.25) is 10.0 Å². The Balaban J connectivity index is 2.81. The van der Waals surface area contributed by atoms with Crippen molar-refractivity contribution in [3.8, 4) is 0 Å². The second-order valence-electron chi connectivity index (χ2n) is 3.18. The molecule has 0 bridgehead atoms. The van der Waals surface area contributed by atoms with Crippen LogP contribution < -0.4 is 4.72 Å². The molecule has 5 nitrogen and oxygen atoms in total. The molecular formula is C8H8F3NO4S2. The van der Waals surface area contributed by atoms with Gasteiger partial charge in [-0.2, -0.15) is 13.2 Å². The van der Waals surface area contributed by atoms with Crippen molar-refractivity contribution in [3.05, 3.63) is 16.3 Å². The van der Waals surface area contributed by atoms with Gasteiger partial charge in [0.25, 0.3) is 0 Å². The minimum atomic E-state index is -4.48. The first kappa shape index (κ1) is 14.9. The lowest BCUT2D eigenvalue weighted by atomic mass is 10.4. The van der Waals surface area contributed by atoms with Crippen molar-refractivity contribution >= 4 is 27.3 Å². The molecule has 0 amide bonds. The fraction of sp³-hybridized carbons (Fsp3) is 0.375. The Morgan fingerprint density at radius 2 is 2.06 bits per heavy atom. The monoisotopic (exact) mass is 303 g/mol. The van der Waals surface area contributed by atoms with E-state index in [0.717, 1.165) is 6.07 Å². The van der Waals surface area contributed by atoms with E-state index in [2.05, 4.69) is 0 Å². The smallest absolute Gasteiger partial charge is 0.390 e. The molecule has 0 aromatic carbocycles. The van der Waals surface area contributed by atoms with Crippen LogP contribution in [0.3, 0.4) is 0 Å².